The van der Waals surface area contributed by atoms with Gasteiger partial charge in [-0.25, -0.2) is 4.79 Å². The van der Waals surface area contributed by atoms with Gasteiger partial charge in [-0.3, -0.25) is 4.98 Å². The molecule has 0 unspecified atom stereocenters. The molecule has 0 aliphatic heterocycles. The second-order valence-corrected chi connectivity index (χ2v) is 4.87. The minimum Gasteiger partial charge on any atom is -0.444 e. The van der Waals surface area contributed by atoms with Crippen LogP contribution in [0.15, 0.2) is 30.5 Å². The van der Waals surface area contributed by atoms with Crippen molar-refractivity contribution in [1.82, 2.24) is 10.3 Å². The van der Waals surface area contributed by atoms with Crippen LogP contribution in [0.1, 0.15) is 32.9 Å². The third kappa shape index (κ3) is 6.68. The van der Waals surface area contributed by atoms with Crippen LogP contribution >= 0.6 is 0 Å². The van der Waals surface area contributed by atoms with Crippen molar-refractivity contribution in [2.75, 3.05) is 6.54 Å². The number of hydrogen-bond donors (Lipinski definition) is 1. The molecule has 0 bridgehead atoms. The Morgan fingerprint density at radius 2 is 2.22 bits per heavy atom. The molecule has 0 fully saturated rings. The van der Waals surface area contributed by atoms with E-state index in [9.17, 15) is 4.79 Å². The van der Waals surface area contributed by atoms with Crippen molar-refractivity contribution in [2.24, 2.45) is 0 Å². The van der Waals surface area contributed by atoms with Gasteiger partial charge < -0.3 is 10.1 Å². The maximum Gasteiger partial charge on any atom is 0.407 e. The van der Waals surface area contributed by atoms with Crippen LogP contribution in [0.3, 0.4) is 0 Å². The highest BCUT2D eigenvalue weighted by atomic mass is 16.6. The summed E-state index contributed by atoms with van der Waals surface area (Å²) in [7, 11) is 0. The van der Waals surface area contributed by atoms with Crippen molar-refractivity contribution >= 4 is 12.2 Å². The fourth-order valence-corrected chi connectivity index (χ4v) is 1.25. The fraction of sp³-hybridized carbons (Fsp3) is 0.429. The van der Waals surface area contributed by atoms with E-state index in [0.29, 0.717) is 6.54 Å². The predicted octanol–water partition coefficient (Wildman–Crippen LogP) is 3.01. The van der Waals surface area contributed by atoms with E-state index in [2.05, 4.69) is 10.3 Å². The van der Waals surface area contributed by atoms with Gasteiger partial charge in [0.25, 0.3) is 0 Å². The normalized spacial score (nSPS) is 11.5. The number of carbonyl (C=O) groups is 1. The van der Waals surface area contributed by atoms with E-state index in [1.807, 2.05) is 51.1 Å². The number of hydrogen-bond acceptors (Lipinski definition) is 3. The topological polar surface area (TPSA) is 51.2 Å². The monoisotopic (exact) mass is 248 g/mol. The average Bonchev–Trinajstić information content (AvgIpc) is 2.27. The first kappa shape index (κ1) is 14.2. The number of nitrogens with one attached hydrogen (secondary N) is 1. The zero-order valence-electron chi connectivity index (χ0n) is 11.1. The Balaban J connectivity index is 2.19. The molecule has 18 heavy (non-hydrogen) atoms. The summed E-state index contributed by atoms with van der Waals surface area (Å²) in [6.45, 7) is 6.08. The molecular formula is C14H20N2O2. The van der Waals surface area contributed by atoms with Crippen molar-refractivity contribution in [1.29, 1.82) is 0 Å². The van der Waals surface area contributed by atoms with E-state index in [0.717, 1.165) is 12.1 Å². The van der Waals surface area contributed by atoms with Gasteiger partial charge in [0, 0.05) is 12.7 Å². The van der Waals surface area contributed by atoms with E-state index in [1.54, 1.807) is 6.20 Å². The molecule has 1 rings (SSSR count). The highest BCUT2D eigenvalue weighted by Crippen LogP contribution is 2.06. The molecular weight excluding hydrogens is 228 g/mol. The molecule has 1 aromatic heterocycles. The van der Waals surface area contributed by atoms with Gasteiger partial charge in [-0.15, -0.1) is 0 Å². The van der Waals surface area contributed by atoms with Gasteiger partial charge in [-0.05, 0) is 45.4 Å². The third-order valence-corrected chi connectivity index (χ3v) is 1.96. The highest BCUT2D eigenvalue weighted by Gasteiger charge is 2.14. The Kier molecular flexibility index (Phi) is 5.36. The number of amides is 1. The van der Waals surface area contributed by atoms with Crippen LogP contribution in [0.2, 0.25) is 0 Å². The summed E-state index contributed by atoms with van der Waals surface area (Å²) >= 11 is 0. The molecule has 0 aliphatic carbocycles. The molecule has 1 N–H and O–H groups in total. The van der Waals surface area contributed by atoms with Crippen LogP contribution in [-0.4, -0.2) is 23.2 Å². The largest absolute Gasteiger partial charge is 0.444 e. The number of ether oxygens (including phenoxy) is 1. The van der Waals surface area contributed by atoms with Gasteiger partial charge in [0.15, 0.2) is 0 Å². The van der Waals surface area contributed by atoms with Crippen molar-refractivity contribution in [2.45, 2.75) is 32.8 Å². The Morgan fingerprint density at radius 1 is 1.44 bits per heavy atom. The van der Waals surface area contributed by atoms with E-state index < -0.39 is 5.60 Å². The Morgan fingerprint density at radius 3 is 2.83 bits per heavy atom. The first-order chi connectivity index (χ1) is 8.47. The highest BCUT2D eigenvalue weighted by molar-refractivity contribution is 5.67. The Hall–Kier alpha value is -1.84. The second kappa shape index (κ2) is 6.79. The molecule has 0 aliphatic rings. The summed E-state index contributed by atoms with van der Waals surface area (Å²) in [6.07, 6.45) is 6.01. The van der Waals surface area contributed by atoms with Crippen LogP contribution in [-0.2, 0) is 4.74 Å². The molecule has 0 saturated carbocycles. The van der Waals surface area contributed by atoms with Crippen LogP contribution in [0.5, 0.6) is 0 Å². The molecule has 0 spiro atoms. The molecule has 4 heteroatoms. The average molecular weight is 248 g/mol. The molecule has 0 aromatic carbocycles. The number of nitrogens with zero attached hydrogens (tertiary/aromatic N) is 1. The summed E-state index contributed by atoms with van der Waals surface area (Å²) in [5, 5.41) is 2.69. The van der Waals surface area contributed by atoms with Gasteiger partial charge in [0.2, 0.25) is 0 Å². The van der Waals surface area contributed by atoms with E-state index >= 15 is 0 Å². The molecule has 0 radical (unpaired) electrons. The molecule has 4 nitrogen and oxygen atoms in total. The van der Waals surface area contributed by atoms with Crippen LogP contribution in [0, 0.1) is 0 Å². The Labute approximate surface area is 108 Å². The number of carbonyl (C=O) groups excluding carboxylic acids is 1. The molecule has 1 aromatic rings. The van der Waals surface area contributed by atoms with Crippen LogP contribution in [0.4, 0.5) is 4.79 Å². The number of pyridine rings is 1. The van der Waals surface area contributed by atoms with Crippen molar-refractivity contribution < 1.29 is 9.53 Å². The lowest BCUT2D eigenvalue weighted by Gasteiger charge is -2.19. The van der Waals surface area contributed by atoms with Gasteiger partial charge in [0.1, 0.15) is 5.60 Å². The summed E-state index contributed by atoms with van der Waals surface area (Å²) in [4.78, 5) is 15.5. The minimum atomic E-state index is -0.451. The van der Waals surface area contributed by atoms with Gasteiger partial charge in [0.05, 0.1) is 5.69 Å². The summed E-state index contributed by atoms with van der Waals surface area (Å²) in [5.41, 5.74) is 0.461. The van der Waals surface area contributed by atoms with E-state index in [-0.39, 0.29) is 6.09 Å². The second-order valence-electron chi connectivity index (χ2n) is 4.87. The number of rotatable bonds is 4. The first-order valence-electron chi connectivity index (χ1n) is 6.02. The van der Waals surface area contributed by atoms with Crippen LogP contribution < -0.4 is 5.32 Å². The maximum absolute atomic E-state index is 11.3. The molecule has 0 atom stereocenters. The summed E-state index contributed by atoms with van der Waals surface area (Å²) in [5.74, 6) is 0. The zero-order valence-corrected chi connectivity index (χ0v) is 11.1. The van der Waals surface area contributed by atoms with E-state index in [4.69, 9.17) is 4.74 Å². The van der Waals surface area contributed by atoms with Gasteiger partial charge in [-0.1, -0.05) is 12.1 Å². The fourth-order valence-electron chi connectivity index (χ4n) is 1.25. The smallest absolute Gasteiger partial charge is 0.407 e. The zero-order chi connectivity index (χ0) is 13.4. The first-order valence-corrected chi connectivity index (χ1v) is 6.02. The maximum atomic E-state index is 11.3. The Bertz CT molecular complexity index is 394. The number of aromatic nitrogens is 1. The molecule has 0 saturated heterocycles. The van der Waals surface area contributed by atoms with Crippen molar-refractivity contribution in [3.8, 4) is 0 Å². The molecule has 1 amide bonds. The molecule has 1 heterocycles. The summed E-state index contributed by atoms with van der Waals surface area (Å²) < 4.78 is 5.12. The standard InChI is InChI=1S/C14H20N2O2/c1-14(2,3)18-13(17)16-11-7-5-9-12-8-4-6-10-15-12/h4-6,8-10H,7,11H2,1-3H3,(H,16,17). The third-order valence-electron chi connectivity index (χ3n) is 1.96. The lowest BCUT2D eigenvalue weighted by Crippen LogP contribution is -2.32. The minimum absolute atomic E-state index is 0.381. The summed E-state index contributed by atoms with van der Waals surface area (Å²) in [6, 6.07) is 5.74. The van der Waals surface area contributed by atoms with E-state index in [1.165, 1.54) is 0 Å². The van der Waals surface area contributed by atoms with Crippen LogP contribution in [0.25, 0.3) is 6.08 Å². The predicted molar refractivity (Wildman–Crippen MR) is 72.1 cm³/mol. The van der Waals surface area contributed by atoms with Gasteiger partial charge in [-0.2, -0.15) is 0 Å². The lowest BCUT2D eigenvalue weighted by molar-refractivity contribution is 0.0529. The van der Waals surface area contributed by atoms with Gasteiger partial charge >= 0.3 is 6.09 Å². The lowest BCUT2D eigenvalue weighted by atomic mass is 10.2. The number of alkyl carbamates (subject to hydrolysis) is 1. The van der Waals surface area contributed by atoms with Crippen molar-refractivity contribution in [3.63, 3.8) is 0 Å². The molecule has 98 valence electrons. The quantitative estimate of drug-likeness (QED) is 0.833. The SMILES string of the molecule is CC(C)(C)OC(=O)NCCC=Cc1ccccn1. The van der Waals surface area contributed by atoms with Crippen molar-refractivity contribution in [3.05, 3.63) is 36.2 Å².